The number of hydrogen-bond donors (Lipinski definition) is 1. The van der Waals surface area contributed by atoms with Crippen LogP contribution in [-0.4, -0.2) is 35.2 Å². The van der Waals surface area contributed by atoms with Crippen LogP contribution in [0.5, 0.6) is 0 Å². The van der Waals surface area contributed by atoms with Crippen LogP contribution in [0.4, 0.5) is 0 Å². The van der Waals surface area contributed by atoms with Crippen molar-refractivity contribution in [2.75, 3.05) is 0 Å². The predicted molar refractivity (Wildman–Crippen MR) is 98.9 cm³/mol. The highest BCUT2D eigenvalue weighted by Gasteiger charge is 2.14. The van der Waals surface area contributed by atoms with Crippen LogP contribution >= 0.6 is 0 Å². The van der Waals surface area contributed by atoms with E-state index in [1.165, 1.54) is 0 Å². The van der Waals surface area contributed by atoms with Crippen molar-refractivity contribution in [3.8, 4) is 17.2 Å². The predicted octanol–water partition coefficient (Wildman–Crippen LogP) is 2.21. The zero-order valence-electron chi connectivity index (χ0n) is 15.2. The Morgan fingerprint density at radius 1 is 1.33 bits per heavy atom. The summed E-state index contributed by atoms with van der Waals surface area (Å²) >= 11 is 0. The molecule has 4 aromatic rings. The number of oxazole rings is 1. The van der Waals surface area contributed by atoms with Crippen molar-refractivity contribution in [2.45, 2.75) is 20.4 Å². The smallest absolute Gasteiger partial charge is 0.419 e. The quantitative estimate of drug-likeness (QED) is 0.555. The molecule has 4 rings (SSSR count). The van der Waals surface area contributed by atoms with Gasteiger partial charge in [0.2, 0.25) is 0 Å². The average molecular weight is 369 g/mol. The number of imidazole rings is 2. The molecule has 0 unspecified atom stereocenters. The van der Waals surface area contributed by atoms with Gasteiger partial charge in [0, 0.05) is 38.2 Å². The van der Waals surface area contributed by atoms with Crippen LogP contribution in [0, 0.1) is 6.92 Å². The van der Waals surface area contributed by atoms with Gasteiger partial charge in [0.25, 0.3) is 6.47 Å². The molecule has 27 heavy (non-hydrogen) atoms. The van der Waals surface area contributed by atoms with E-state index in [4.69, 9.17) is 14.3 Å². The maximum Gasteiger partial charge on any atom is 0.419 e. The Hall–Kier alpha value is -3.62. The molecule has 0 atom stereocenters. The van der Waals surface area contributed by atoms with Crippen LogP contribution in [0.2, 0.25) is 0 Å². The monoisotopic (exact) mass is 369 g/mol. The van der Waals surface area contributed by atoms with Gasteiger partial charge in [-0.2, -0.15) is 0 Å². The van der Waals surface area contributed by atoms with E-state index in [2.05, 4.69) is 9.97 Å². The summed E-state index contributed by atoms with van der Waals surface area (Å²) in [5.41, 5.74) is 3.03. The number of aryl methyl sites for hydroxylation is 3. The highest BCUT2D eigenvalue weighted by Crippen LogP contribution is 2.23. The van der Waals surface area contributed by atoms with Gasteiger partial charge in [0.05, 0.1) is 11.2 Å². The van der Waals surface area contributed by atoms with Gasteiger partial charge in [-0.1, -0.05) is 0 Å². The average Bonchev–Trinajstić information content (AvgIpc) is 3.32. The second-order valence-corrected chi connectivity index (χ2v) is 5.77. The van der Waals surface area contributed by atoms with Gasteiger partial charge in [-0.3, -0.25) is 13.9 Å². The lowest BCUT2D eigenvalue weighted by Gasteiger charge is -2.06. The summed E-state index contributed by atoms with van der Waals surface area (Å²) < 4.78 is 10.8. The molecular weight excluding hydrogens is 350 g/mol. The zero-order valence-corrected chi connectivity index (χ0v) is 15.2. The number of fused-ring (bicyclic) bond motifs is 1. The minimum Gasteiger partial charge on any atom is -0.483 e. The molecule has 1 aromatic carbocycles. The van der Waals surface area contributed by atoms with Gasteiger partial charge < -0.3 is 14.1 Å². The summed E-state index contributed by atoms with van der Waals surface area (Å²) in [6.07, 6.45) is 5.55. The molecule has 0 saturated carbocycles. The fourth-order valence-corrected chi connectivity index (χ4v) is 2.87. The van der Waals surface area contributed by atoms with Gasteiger partial charge in [0.1, 0.15) is 11.5 Å². The molecule has 0 saturated heterocycles. The van der Waals surface area contributed by atoms with Crippen LogP contribution in [-0.2, 0) is 18.4 Å². The molecule has 0 radical (unpaired) electrons. The number of carbonyl (C=O) groups is 1. The van der Waals surface area contributed by atoms with Crippen LogP contribution < -0.4 is 5.76 Å². The molecule has 0 bridgehead atoms. The second-order valence-electron chi connectivity index (χ2n) is 5.77. The van der Waals surface area contributed by atoms with Gasteiger partial charge in [0.15, 0.2) is 11.4 Å². The first-order valence-corrected chi connectivity index (χ1v) is 8.25. The van der Waals surface area contributed by atoms with Crippen molar-refractivity contribution < 1.29 is 14.3 Å². The fraction of sp³-hybridized carbons (Fsp3) is 0.222. The highest BCUT2D eigenvalue weighted by molar-refractivity contribution is 5.76. The van der Waals surface area contributed by atoms with Crippen molar-refractivity contribution in [3.05, 3.63) is 53.2 Å². The van der Waals surface area contributed by atoms with Gasteiger partial charge in [-0.25, -0.2) is 14.8 Å². The summed E-state index contributed by atoms with van der Waals surface area (Å²) in [4.78, 5) is 29.2. The Labute approximate surface area is 154 Å². The molecule has 0 amide bonds. The van der Waals surface area contributed by atoms with Gasteiger partial charge >= 0.3 is 5.76 Å². The van der Waals surface area contributed by atoms with E-state index in [-0.39, 0.29) is 12.2 Å². The van der Waals surface area contributed by atoms with Gasteiger partial charge in [-0.15, -0.1) is 0 Å². The number of nitrogens with zero attached hydrogens (tertiary/aromatic N) is 5. The summed E-state index contributed by atoms with van der Waals surface area (Å²) in [7, 11) is 1.95. The molecule has 3 heterocycles. The Morgan fingerprint density at radius 3 is 2.70 bits per heavy atom. The third-order valence-electron chi connectivity index (χ3n) is 4.22. The van der Waals surface area contributed by atoms with Crippen molar-refractivity contribution in [2.24, 2.45) is 7.05 Å². The highest BCUT2D eigenvalue weighted by atomic mass is 16.4. The molecular formula is C18H19N5O4. The molecule has 1 N–H and O–H groups in total. The van der Waals surface area contributed by atoms with Crippen molar-refractivity contribution in [1.29, 1.82) is 0 Å². The topological polar surface area (TPSA) is 108 Å². The molecule has 0 fully saturated rings. The van der Waals surface area contributed by atoms with Crippen LogP contribution in [0.15, 0.2) is 46.0 Å². The van der Waals surface area contributed by atoms with E-state index in [9.17, 15) is 4.79 Å². The van der Waals surface area contributed by atoms with Crippen LogP contribution in [0.1, 0.15) is 12.7 Å². The largest absolute Gasteiger partial charge is 0.483 e. The lowest BCUT2D eigenvalue weighted by atomic mass is 10.2. The molecule has 0 aliphatic heterocycles. The van der Waals surface area contributed by atoms with Crippen molar-refractivity contribution in [1.82, 2.24) is 23.7 Å². The summed E-state index contributed by atoms with van der Waals surface area (Å²) in [6.45, 7) is 4.20. The molecule has 3 aromatic heterocycles. The Bertz CT molecular complexity index is 1130. The van der Waals surface area contributed by atoms with E-state index >= 15 is 0 Å². The second kappa shape index (κ2) is 7.32. The first-order valence-electron chi connectivity index (χ1n) is 8.25. The standard InChI is InChI=1S/C17H17N5O2.CH2O2/c1-4-21-14-6-5-12(9-15(14)24-17(21)23)22-8-7-18-16(22)13-10-20(3)11(2)19-13;2-1-3/h5-10H,4H2,1-3H3;1H,(H,2,3). The summed E-state index contributed by atoms with van der Waals surface area (Å²) in [5, 5.41) is 6.89. The lowest BCUT2D eigenvalue weighted by Crippen LogP contribution is -2.11. The lowest BCUT2D eigenvalue weighted by molar-refractivity contribution is -0.122. The molecule has 9 heteroatoms. The molecule has 0 aliphatic carbocycles. The number of aromatic nitrogens is 5. The summed E-state index contributed by atoms with van der Waals surface area (Å²) in [6, 6.07) is 5.70. The molecule has 0 spiro atoms. The summed E-state index contributed by atoms with van der Waals surface area (Å²) in [5.74, 6) is 1.33. The number of carboxylic acid groups (broad SMARTS) is 1. The van der Waals surface area contributed by atoms with Crippen molar-refractivity contribution >= 4 is 17.6 Å². The van der Waals surface area contributed by atoms with E-state index in [1.807, 2.05) is 60.6 Å². The van der Waals surface area contributed by atoms with E-state index in [0.29, 0.717) is 12.1 Å². The number of hydrogen-bond acceptors (Lipinski definition) is 5. The fourth-order valence-electron chi connectivity index (χ4n) is 2.87. The van der Waals surface area contributed by atoms with E-state index in [0.717, 1.165) is 28.5 Å². The molecule has 9 nitrogen and oxygen atoms in total. The van der Waals surface area contributed by atoms with Crippen LogP contribution in [0.3, 0.4) is 0 Å². The van der Waals surface area contributed by atoms with E-state index in [1.54, 1.807) is 10.8 Å². The minimum atomic E-state index is -0.337. The Balaban J connectivity index is 0.000000659. The number of benzene rings is 1. The zero-order chi connectivity index (χ0) is 19.6. The third-order valence-corrected chi connectivity index (χ3v) is 4.22. The maximum atomic E-state index is 11.9. The minimum absolute atomic E-state index is 0.250. The SMILES string of the molecule is CCn1c(=O)oc2cc(-n3ccnc3-c3cn(C)c(C)n3)ccc21.O=CO. The molecule has 0 aliphatic rings. The first kappa shape index (κ1) is 18.2. The first-order chi connectivity index (χ1) is 13.0. The Morgan fingerprint density at radius 2 is 2.07 bits per heavy atom. The van der Waals surface area contributed by atoms with E-state index < -0.39 is 0 Å². The van der Waals surface area contributed by atoms with Crippen molar-refractivity contribution in [3.63, 3.8) is 0 Å². The van der Waals surface area contributed by atoms with Gasteiger partial charge in [-0.05, 0) is 26.0 Å². The maximum absolute atomic E-state index is 11.9. The number of rotatable bonds is 3. The third kappa shape index (κ3) is 3.26. The molecule has 140 valence electrons. The Kier molecular flexibility index (Phi) is 4.93. The normalized spacial score (nSPS) is 10.6. The van der Waals surface area contributed by atoms with Crippen LogP contribution in [0.25, 0.3) is 28.3 Å².